The molecule has 0 amide bonds. The molecule has 2 nitrogen and oxygen atoms in total. The number of aryl methyl sites for hydroxylation is 1. The Morgan fingerprint density at radius 3 is 2.76 bits per heavy atom. The van der Waals surface area contributed by atoms with Crippen molar-refractivity contribution in [1.82, 2.24) is 0 Å². The molecule has 3 heteroatoms. The number of hydrogen-bond acceptors (Lipinski definition) is 2. The maximum Gasteiger partial charge on any atom is 0.0621 e. The molecule has 0 bridgehead atoms. The Morgan fingerprint density at radius 2 is 2.12 bits per heavy atom. The van der Waals surface area contributed by atoms with E-state index in [-0.39, 0.29) is 5.41 Å². The van der Waals surface area contributed by atoms with Crippen LogP contribution in [0.4, 0.5) is 5.69 Å². The van der Waals surface area contributed by atoms with Gasteiger partial charge in [0.25, 0.3) is 0 Å². The second-order valence-corrected chi connectivity index (χ2v) is 6.05. The summed E-state index contributed by atoms with van der Waals surface area (Å²) >= 11 is 3.48. The normalized spacial score (nSPS) is 11.0. The maximum absolute atomic E-state index is 8.62. The van der Waals surface area contributed by atoms with Gasteiger partial charge in [0.05, 0.1) is 6.07 Å². The van der Waals surface area contributed by atoms with Gasteiger partial charge in [-0.3, -0.25) is 0 Å². The molecule has 0 fully saturated rings. The third-order valence-electron chi connectivity index (χ3n) is 2.87. The highest BCUT2D eigenvalue weighted by Crippen LogP contribution is 2.25. The Labute approximate surface area is 112 Å². The first-order chi connectivity index (χ1) is 7.94. The van der Waals surface area contributed by atoms with E-state index in [2.05, 4.69) is 60.2 Å². The molecule has 17 heavy (non-hydrogen) atoms. The predicted molar refractivity (Wildman–Crippen MR) is 76.0 cm³/mol. The molecule has 1 N–H and O–H groups in total. The lowest BCUT2D eigenvalue weighted by atomic mass is 9.88. The van der Waals surface area contributed by atoms with E-state index in [1.165, 1.54) is 5.56 Å². The molecule has 0 aliphatic carbocycles. The fraction of sp³-hybridized carbons (Fsp3) is 0.500. The van der Waals surface area contributed by atoms with E-state index in [4.69, 9.17) is 5.26 Å². The molecule has 0 saturated carbocycles. The van der Waals surface area contributed by atoms with Crippen LogP contribution < -0.4 is 5.32 Å². The van der Waals surface area contributed by atoms with Crippen LogP contribution in [0.25, 0.3) is 0 Å². The standard InChI is InChI=1S/C14H19BrN2/c1-11-5-6-12(15)9-13(11)17-10-14(2,3)7-4-8-16/h5-6,9,17H,4,7,10H2,1-3H3. The van der Waals surface area contributed by atoms with E-state index in [1.807, 2.05) is 6.07 Å². The first-order valence-electron chi connectivity index (χ1n) is 5.81. The minimum absolute atomic E-state index is 0.143. The zero-order chi connectivity index (χ0) is 12.9. The molecule has 1 aromatic carbocycles. The van der Waals surface area contributed by atoms with Gasteiger partial charge >= 0.3 is 0 Å². The van der Waals surface area contributed by atoms with E-state index >= 15 is 0 Å². The van der Waals surface area contributed by atoms with Crippen LogP contribution in [0.5, 0.6) is 0 Å². The predicted octanol–water partition coefficient (Wildman–Crippen LogP) is 4.50. The summed E-state index contributed by atoms with van der Waals surface area (Å²) in [7, 11) is 0. The van der Waals surface area contributed by atoms with Crippen LogP contribution >= 0.6 is 15.9 Å². The lowest BCUT2D eigenvalue weighted by Crippen LogP contribution is -2.23. The summed E-state index contributed by atoms with van der Waals surface area (Å²) in [5.41, 5.74) is 2.54. The van der Waals surface area contributed by atoms with Crippen molar-refractivity contribution in [2.45, 2.75) is 33.6 Å². The summed E-state index contributed by atoms with van der Waals surface area (Å²) in [5, 5.41) is 12.1. The molecular formula is C14H19BrN2. The minimum Gasteiger partial charge on any atom is -0.384 e. The first-order valence-corrected chi connectivity index (χ1v) is 6.61. The highest BCUT2D eigenvalue weighted by molar-refractivity contribution is 9.10. The van der Waals surface area contributed by atoms with Crippen LogP contribution in [-0.4, -0.2) is 6.54 Å². The molecule has 0 aliphatic heterocycles. The van der Waals surface area contributed by atoms with Crippen molar-refractivity contribution >= 4 is 21.6 Å². The summed E-state index contributed by atoms with van der Waals surface area (Å²) < 4.78 is 1.08. The van der Waals surface area contributed by atoms with Crippen molar-refractivity contribution in [2.24, 2.45) is 5.41 Å². The Morgan fingerprint density at radius 1 is 1.41 bits per heavy atom. The number of anilines is 1. The molecule has 0 heterocycles. The molecule has 1 rings (SSSR count). The number of rotatable bonds is 5. The van der Waals surface area contributed by atoms with Crippen LogP contribution in [-0.2, 0) is 0 Å². The third-order valence-corrected chi connectivity index (χ3v) is 3.36. The van der Waals surface area contributed by atoms with E-state index in [1.54, 1.807) is 0 Å². The van der Waals surface area contributed by atoms with Gasteiger partial charge in [0.1, 0.15) is 0 Å². The number of nitrogens with zero attached hydrogens (tertiary/aromatic N) is 1. The van der Waals surface area contributed by atoms with E-state index in [9.17, 15) is 0 Å². The summed E-state index contributed by atoms with van der Waals surface area (Å²) in [5.74, 6) is 0. The van der Waals surface area contributed by atoms with Crippen LogP contribution in [0, 0.1) is 23.7 Å². The zero-order valence-electron chi connectivity index (χ0n) is 10.7. The van der Waals surface area contributed by atoms with Crippen molar-refractivity contribution in [1.29, 1.82) is 5.26 Å². The molecule has 0 unspecified atom stereocenters. The van der Waals surface area contributed by atoms with E-state index < -0.39 is 0 Å². The Hall–Kier alpha value is -1.01. The van der Waals surface area contributed by atoms with Crippen LogP contribution in [0.15, 0.2) is 22.7 Å². The fourth-order valence-corrected chi connectivity index (χ4v) is 1.96. The van der Waals surface area contributed by atoms with Gasteiger partial charge in [0, 0.05) is 23.1 Å². The van der Waals surface area contributed by atoms with Gasteiger partial charge in [-0.05, 0) is 36.5 Å². The average molecular weight is 295 g/mol. The number of nitrogens with one attached hydrogen (secondary N) is 1. The van der Waals surface area contributed by atoms with Gasteiger partial charge in [-0.25, -0.2) is 0 Å². The van der Waals surface area contributed by atoms with Crippen molar-refractivity contribution in [2.75, 3.05) is 11.9 Å². The van der Waals surface area contributed by atoms with Gasteiger partial charge in [0.2, 0.25) is 0 Å². The van der Waals surface area contributed by atoms with Gasteiger partial charge in [-0.2, -0.15) is 5.26 Å². The minimum atomic E-state index is 0.143. The van der Waals surface area contributed by atoms with Crippen molar-refractivity contribution in [3.05, 3.63) is 28.2 Å². The Balaban J connectivity index is 2.61. The molecule has 0 aromatic heterocycles. The van der Waals surface area contributed by atoms with Crippen molar-refractivity contribution < 1.29 is 0 Å². The number of benzene rings is 1. The number of hydrogen-bond donors (Lipinski definition) is 1. The van der Waals surface area contributed by atoms with Gasteiger partial charge in [0.15, 0.2) is 0 Å². The second-order valence-electron chi connectivity index (χ2n) is 5.14. The van der Waals surface area contributed by atoms with Crippen molar-refractivity contribution in [3.63, 3.8) is 0 Å². The molecule has 92 valence electrons. The zero-order valence-corrected chi connectivity index (χ0v) is 12.3. The quantitative estimate of drug-likeness (QED) is 0.868. The Bertz CT molecular complexity index is 419. The van der Waals surface area contributed by atoms with Gasteiger partial charge in [-0.15, -0.1) is 0 Å². The highest BCUT2D eigenvalue weighted by Gasteiger charge is 2.17. The molecule has 1 aromatic rings. The average Bonchev–Trinajstić information content (AvgIpc) is 2.28. The molecule has 0 aliphatic rings. The van der Waals surface area contributed by atoms with Gasteiger partial charge in [-0.1, -0.05) is 35.8 Å². The van der Waals surface area contributed by atoms with Crippen LogP contribution in [0.3, 0.4) is 0 Å². The first kappa shape index (κ1) is 14.1. The second kappa shape index (κ2) is 6.07. The van der Waals surface area contributed by atoms with Crippen LogP contribution in [0.1, 0.15) is 32.3 Å². The van der Waals surface area contributed by atoms with Crippen molar-refractivity contribution in [3.8, 4) is 6.07 Å². The largest absolute Gasteiger partial charge is 0.384 e. The SMILES string of the molecule is Cc1ccc(Br)cc1NCC(C)(C)CCC#N. The molecule has 0 atom stereocenters. The molecule has 0 spiro atoms. The van der Waals surface area contributed by atoms with Gasteiger partial charge < -0.3 is 5.32 Å². The fourth-order valence-electron chi connectivity index (χ4n) is 1.60. The highest BCUT2D eigenvalue weighted by atomic mass is 79.9. The summed E-state index contributed by atoms with van der Waals surface area (Å²) in [6.07, 6.45) is 1.54. The van der Waals surface area contributed by atoms with E-state index in [0.29, 0.717) is 6.42 Å². The smallest absolute Gasteiger partial charge is 0.0621 e. The topological polar surface area (TPSA) is 35.8 Å². The number of halogens is 1. The van der Waals surface area contributed by atoms with E-state index in [0.717, 1.165) is 23.1 Å². The lowest BCUT2D eigenvalue weighted by molar-refractivity contribution is 0.364. The summed E-state index contributed by atoms with van der Waals surface area (Å²) in [6.45, 7) is 7.35. The number of nitriles is 1. The third kappa shape index (κ3) is 4.79. The molecule has 0 saturated heterocycles. The lowest BCUT2D eigenvalue weighted by Gasteiger charge is -2.25. The monoisotopic (exact) mass is 294 g/mol. The Kier molecular flexibility index (Phi) is 5.02. The molecule has 0 radical (unpaired) electrons. The van der Waals surface area contributed by atoms with Crippen LogP contribution in [0.2, 0.25) is 0 Å². The molecular weight excluding hydrogens is 276 g/mol. The summed E-state index contributed by atoms with van der Waals surface area (Å²) in [4.78, 5) is 0. The summed E-state index contributed by atoms with van der Waals surface area (Å²) in [6, 6.07) is 8.44. The maximum atomic E-state index is 8.62.